The number of hydrogen-bond donors (Lipinski definition) is 0. The van der Waals surface area contributed by atoms with Crippen molar-refractivity contribution in [3.05, 3.63) is 77.4 Å². The van der Waals surface area contributed by atoms with Gasteiger partial charge in [0.25, 0.3) is 5.91 Å². The zero-order chi connectivity index (χ0) is 31.0. The molecular formula is C35H53N5O2. The number of carbonyl (C=O) groups is 1. The summed E-state index contributed by atoms with van der Waals surface area (Å²) in [6.07, 6.45) is 2.89. The van der Waals surface area contributed by atoms with Crippen LogP contribution in [0.25, 0.3) is 11.0 Å². The van der Waals surface area contributed by atoms with E-state index >= 15 is 0 Å². The van der Waals surface area contributed by atoms with E-state index in [-0.39, 0.29) is 11.5 Å². The molecule has 1 aliphatic heterocycles. The molecule has 7 heteroatoms. The van der Waals surface area contributed by atoms with Gasteiger partial charge in [-0.05, 0) is 77.3 Å². The maximum Gasteiger partial charge on any atom is 0.270 e. The number of hydrogen-bond acceptors (Lipinski definition) is 5. The second-order valence-corrected chi connectivity index (χ2v) is 12.5. The van der Waals surface area contributed by atoms with Gasteiger partial charge in [-0.25, -0.2) is 4.98 Å². The molecule has 3 heterocycles. The number of benzene rings is 1. The number of nitrogens with zero attached hydrogens (tertiary/aromatic N) is 5. The van der Waals surface area contributed by atoms with Crippen molar-refractivity contribution in [3.63, 3.8) is 0 Å². The van der Waals surface area contributed by atoms with Crippen molar-refractivity contribution in [2.45, 2.75) is 85.9 Å². The molecule has 1 fully saturated rings. The van der Waals surface area contributed by atoms with Crippen molar-refractivity contribution in [1.29, 1.82) is 0 Å². The Labute approximate surface area is 254 Å². The smallest absolute Gasteiger partial charge is 0.270 e. The number of ether oxygens (including phenoxy) is 1. The van der Waals surface area contributed by atoms with E-state index in [9.17, 15) is 4.79 Å². The highest BCUT2D eigenvalue weighted by atomic mass is 16.5. The maximum absolute atomic E-state index is 12.5. The molecule has 1 amide bonds. The Hall–Kier alpha value is -3.32. The molecule has 0 unspecified atom stereocenters. The summed E-state index contributed by atoms with van der Waals surface area (Å²) in [7, 11) is 3.59. The lowest BCUT2D eigenvalue weighted by molar-refractivity contribution is -0.0103. The molecule has 2 aromatic heterocycles. The summed E-state index contributed by atoms with van der Waals surface area (Å²) < 4.78 is 7.99. The van der Waals surface area contributed by atoms with E-state index in [1.165, 1.54) is 11.1 Å². The summed E-state index contributed by atoms with van der Waals surface area (Å²) in [5, 5.41) is 1.05. The average molecular weight is 576 g/mol. The van der Waals surface area contributed by atoms with Crippen molar-refractivity contribution in [1.82, 2.24) is 24.3 Å². The second kappa shape index (κ2) is 14.7. The zero-order valence-corrected chi connectivity index (χ0v) is 27.5. The van der Waals surface area contributed by atoms with Gasteiger partial charge in [0, 0.05) is 63.9 Å². The van der Waals surface area contributed by atoms with Gasteiger partial charge in [0.05, 0.1) is 0 Å². The fraction of sp³-hybridized carbons (Fsp3) is 0.543. The Bertz CT molecular complexity index is 1310. The minimum atomic E-state index is -0.171. The molecule has 0 spiro atoms. The van der Waals surface area contributed by atoms with Crippen LogP contribution in [-0.2, 0) is 17.7 Å². The lowest BCUT2D eigenvalue weighted by atomic mass is 10.1. The van der Waals surface area contributed by atoms with E-state index in [0.717, 1.165) is 80.3 Å². The number of fused-ring (bicyclic) bond motifs is 1. The van der Waals surface area contributed by atoms with E-state index < -0.39 is 0 Å². The summed E-state index contributed by atoms with van der Waals surface area (Å²) in [5.74, 6) is 0.843. The van der Waals surface area contributed by atoms with E-state index in [1.54, 1.807) is 19.0 Å². The van der Waals surface area contributed by atoms with Gasteiger partial charge in [0.15, 0.2) is 5.88 Å². The van der Waals surface area contributed by atoms with Crippen LogP contribution in [0.15, 0.2) is 54.9 Å². The van der Waals surface area contributed by atoms with Crippen LogP contribution in [0.2, 0.25) is 0 Å². The Morgan fingerprint density at radius 2 is 1.62 bits per heavy atom. The fourth-order valence-corrected chi connectivity index (χ4v) is 5.27. The molecule has 0 aliphatic carbocycles. The number of piperazine rings is 1. The van der Waals surface area contributed by atoms with Crippen LogP contribution in [0.3, 0.4) is 0 Å². The van der Waals surface area contributed by atoms with Gasteiger partial charge in [-0.1, -0.05) is 50.6 Å². The topological polar surface area (TPSA) is 53.8 Å². The van der Waals surface area contributed by atoms with Crippen molar-refractivity contribution >= 4 is 16.9 Å². The average Bonchev–Trinajstić information content (AvgIpc) is 3.33. The number of carbonyl (C=O) groups excluding carboxylic acids is 1. The predicted octanol–water partition coefficient (Wildman–Crippen LogP) is 7.06. The largest absolute Gasteiger partial charge is 0.474 e. The lowest BCUT2D eigenvalue weighted by Gasteiger charge is -2.38. The number of aromatic nitrogens is 2. The highest BCUT2D eigenvalue weighted by Crippen LogP contribution is 2.28. The molecular weight excluding hydrogens is 522 g/mol. The predicted molar refractivity (Wildman–Crippen MR) is 175 cm³/mol. The van der Waals surface area contributed by atoms with E-state index in [1.807, 2.05) is 12.1 Å². The van der Waals surface area contributed by atoms with Crippen molar-refractivity contribution in [3.8, 4) is 0 Å². The van der Waals surface area contributed by atoms with Crippen molar-refractivity contribution < 1.29 is 9.53 Å². The first-order chi connectivity index (χ1) is 19.9. The Morgan fingerprint density at radius 3 is 2.14 bits per heavy atom. The van der Waals surface area contributed by atoms with Crippen molar-refractivity contribution in [2.75, 3.05) is 40.3 Å². The Morgan fingerprint density at radius 1 is 1.00 bits per heavy atom. The number of rotatable bonds is 9. The molecule has 0 saturated carbocycles. The molecule has 230 valence electrons. The fourth-order valence-electron chi connectivity index (χ4n) is 5.27. The molecule has 1 aromatic carbocycles. The van der Waals surface area contributed by atoms with Gasteiger partial charge in [-0.15, -0.1) is 0 Å². The quantitative estimate of drug-likeness (QED) is 0.256. The van der Waals surface area contributed by atoms with Crippen LogP contribution in [0, 0.1) is 6.92 Å². The van der Waals surface area contributed by atoms with Gasteiger partial charge in [0.1, 0.15) is 16.9 Å². The molecule has 0 N–H and O–H groups in total. The Balaban J connectivity index is 0.000000230. The van der Waals surface area contributed by atoms with Crippen LogP contribution < -0.4 is 0 Å². The van der Waals surface area contributed by atoms with Crippen LogP contribution in [0.5, 0.6) is 0 Å². The van der Waals surface area contributed by atoms with E-state index in [0.29, 0.717) is 6.04 Å². The Kier molecular flexibility index (Phi) is 11.6. The lowest BCUT2D eigenvalue weighted by Crippen LogP contribution is -2.46. The monoisotopic (exact) mass is 575 g/mol. The first-order valence-electron chi connectivity index (χ1n) is 15.5. The van der Waals surface area contributed by atoms with Crippen LogP contribution in [0.4, 0.5) is 0 Å². The second-order valence-electron chi connectivity index (χ2n) is 12.5. The first-order valence-corrected chi connectivity index (χ1v) is 15.5. The van der Waals surface area contributed by atoms with Gasteiger partial charge in [-0.2, -0.15) is 0 Å². The number of pyridine rings is 1. The van der Waals surface area contributed by atoms with Gasteiger partial charge >= 0.3 is 0 Å². The number of aryl methyl sites for hydroxylation is 2. The molecule has 0 radical (unpaired) electrons. The third kappa shape index (κ3) is 8.84. The molecule has 7 nitrogen and oxygen atoms in total. The van der Waals surface area contributed by atoms with Crippen LogP contribution in [-0.4, -0.2) is 76.0 Å². The molecule has 42 heavy (non-hydrogen) atoms. The summed E-state index contributed by atoms with van der Waals surface area (Å²) >= 11 is 0. The standard InChI is InChI=1S/C18H28N2O.C17H25N3O/c1-15-6-8-17(9-7-15)14-19-10-12-20(13-11-19)16(2)21-18(3,4)5;1-6-13-10-9-12-11-15(17(21)19(4)5)20(16(12)18-13)14(7-2)8-3/h6-9H,2,10-14H2,1,3-5H3;9-11,14H,6-8H2,1-5H3. The molecule has 4 rings (SSSR count). The van der Waals surface area contributed by atoms with Gasteiger partial charge < -0.3 is 19.1 Å². The van der Waals surface area contributed by atoms with E-state index in [2.05, 4.69) is 99.7 Å². The molecule has 1 saturated heterocycles. The third-order valence-electron chi connectivity index (χ3n) is 7.71. The third-order valence-corrected chi connectivity index (χ3v) is 7.71. The minimum Gasteiger partial charge on any atom is -0.474 e. The molecule has 0 atom stereocenters. The molecule has 0 bridgehead atoms. The number of amides is 1. The minimum absolute atomic E-state index is 0.0398. The van der Waals surface area contributed by atoms with Crippen LogP contribution in [0.1, 0.15) is 87.7 Å². The summed E-state index contributed by atoms with van der Waals surface area (Å²) in [5.41, 5.74) is 5.28. The van der Waals surface area contributed by atoms with Gasteiger partial charge in [-0.3, -0.25) is 9.69 Å². The summed E-state index contributed by atoms with van der Waals surface area (Å²) in [6.45, 7) is 23.9. The molecule has 1 aliphatic rings. The normalized spacial score (nSPS) is 14.1. The van der Waals surface area contributed by atoms with Crippen LogP contribution >= 0.6 is 0 Å². The summed E-state index contributed by atoms with van der Waals surface area (Å²) in [4.78, 5) is 23.6. The first kappa shape index (κ1) is 33.2. The summed E-state index contributed by atoms with van der Waals surface area (Å²) in [6, 6.07) is 15.2. The maximum atomic E-state index is 12.5. The van der Waals surface area contributed by atoms with Gasteiger partial charge in [0.2, 0.25) is 0 Å². The highest BCUT2D eigenvalue weighted by molar-refractivity contribution is 5.97. The SMILES string of the molecule is C=C(OC(C)(C)C)N1CCN(Cc2ccc(C)cc2)CC1.CCc1ccc2cc(C(=O)N(C)C)n(C(CC)CC)c2n1. The van der Waals surface area contributed by atoms with Crippen molar-refractivity contribution in [2.24, 2.45) is 0 Å². The highest BCUT2D eigenvalue weighted by Gasteiger charge is 2.23. The molecule has 3 aromatic rings. The zero-order valence-electron chi connectivity index (χ0n) is 27.5. The van der Waals surface area contributed by atoms with E-state index in [4.69, 9.17) is 9.72 Å².